The van der Waals surface area contributed by atoms with E-state index in [1.165, 1.54) is 21.1 Å². The van der Waals surface area contributed by atoms with E-state index in [1.54, 1.807) is 18.3 Å². The largest absolute Gasteiger partial charge is 0.327 e. The average molecular weight is 361 g/mol. The Morgan fingerprint density at radius 1 is 1.16 bits per heavy atom. The number of thiazole rings is 1. The van der Waals surface area contributed by atoms with Crippen LogP contribution in [0.4, 0.5) is 4.39 Å². The lowest BCUT2D eigenvalue weighted by molar-refractivity contribution is -0.159. The van der Waals surface area contributed by atoms with E-state index in [0.717, 1.165) is 5.01 Å². The third kappa shape index (κ3) is 2.88. The van der Waals surface area contributed by atoms with Crippen molar-refractivity contribution in [2.45, 2.75) is 24.9 Å². The molecule has 0 N–H and O–H groups in total. The molecule has 9 heteroatoms. The van der Waals surface area contributed by atoms with Crippen molar-refractivity contribution in [3.05, 3.63) is 29.4 Å². The van der Waals surface area contributed by atoms with Gasteiger partial charge in [-0.25, -0.2) is 9.37 Å². The molecule has 0 atom stereocenters. The Hall–Kier alpha value is -2.42. The van der Waals surface area contributed by atoms with E-state index < -0.39 is 24.0 Å². The van der Waals surface area contributed by atoms with Crippen LogP contribution in [0.25, 0.3) is 10.7 Å². The summed E-state index contributed by atoms with van der Waals surface area (Å²) in [5.41, 5.74) is 0.541. The molecule has 0 unspecified atom stereocenters. The second kappa shape index (κ2) is 6.14. The number of rotatable bonds is 5. The normalized spacial score (nSPS) is 19.4. The molecule has 3 heterocycles. The van der Waals surface area contributed by atoms with Crippen LogP contribution < -0.4 is 0 Å². The van der Waals surface area contributed by atoms with Crippen LogP contribution >= 0.6 is 11.3 Å². The Morgan fingerprint density at radius 3 is 2.60 bits per heavy atom. The van der Waals surface area contributed by atoms with Gasteiger partial charge in [0.25, 0.3) is 0 Å². The zero-order chi connectivity index (χ0) is 17.4. The van der Waals surface area contributed by atoms with E-state index in [4.69, 9.17) is 0 Å². The molecule has 2 aromatic rings. The van der Waals surface area contributed by atoms with Gasteiger partial charge in [-0.15, -0.1) is 16.4 Å². The summed E-state index contributed by atoms with van der Waals surface area (Å²) in [5, 5.41) is 10.9. The molecule has 0 bridgehead atoms. The fourth-order valence-electron chi connectivity index (χ4n) is 3.00. The molecular formula is C16H16FN5O2S. The van der Waals surface area contributed by atoms with E-state index in [0.29, 0.717) is 37.3 Å². The van der Waals surface area contributed by atoms with Gasteiger partial charge in [0.1, 0.15) is 17.4 Å². The second-order valence-electron chi connectivity index (χ2n) is 6.29. The Balaban J connectivity index is 1.43. The lowest BCUT2D eigenvalue weighted by Crippen LogP contribution is -2.58. The van der Waals surface area contributed by atoms with Gasteiger partial charge in [-0.1, -0.05) is 0 Å². The minimum Gasteiger partial charge on any atom is -0.327 e. The number of carbonyl (C=O) groups excluding carboxylic acids is 2. The van der Waals surface area contributed by atoms with Gasteiger partial charge in [-0.3, -0.25) is 9.59 Å². The van der Waals surface area contributed by atoms with Gasteiger partial charge in [-0.2, -0.15) is 5.10 Å². The fraction of sp³-hybridized carbons (Fsp3) is 0.438. The molecule has 4 rings (SSSR count). The van der Waals surface area contributed by atoms with Gasteiger partial charge >= 0.3 is 11.8 Å². The van der Waals surface area contributed by atoms with E-state index in [1.807, 2.05) is 5.38 Å². The number of piperazine rings is 1. The molecule has 1 aliphatic carbocycles. The molecular weight excluding hydrogens is 345 g/mol. The quantitative estimate of drug-likeness (QED) is 0.750. The highest BCUT2D eigenvalue weighted by molar-refractivity contribution is 7.13. The average Bonchev–Trinajstić information content (AvgIpc) is 3.23. The summed E-state index contributed by atoms with van der Waals surface area (Å²) in [6.07, 6.45) is 2.96. The van der Waals surface area contributed by atoms with Crippen molar-refractivity contribution >= 4 is 23.2 Å². The van der Waals surface area contributed by atoms with E-state index >= 15 is 0 Å². The number of nitrogens with zero attached hydrogens (tertiary/aromatic N) is 5. The Labute approximate surface area is 147 Å². The number of aromatic nitrogens is 3. The first-order valence-electron chi connectivity index (χ1n) is 8.02. The third-order valence-corrected chi connectivity index (χ3v) is 5.48. The van der Waals surface area contributed by atoms with Crippen LogP contribution in [0.1, 0.15) is 18.5 Å². The van der Waals surface area contributed by atoms with Gasteiger partial charge in [0.2, 0.25) is 0 Å². The summed E-state index contributed by atoms with van der Waals surface area (Å²) in [6, 6.07) is 3.57. The molecule has 0 radical (unpaired) electrons. The van der Waals surface area contributed by atoms with Crippen LogP contribution in [0, 0.1) is 0 Å². The SMILES string of the molecule is O=C1C(=O)N(C2(CF)CC2)CCN1Cc1ccc(-c2nccs2)nn1. The highest BCUT2D eigenvalue weighted by Crippen LogP contribution is 2.42. The van der Waals surface area contributed by atoms with Gasteiger partial charge in [0, 0.05) is 24.7 Å². The minimum atomic E-state index is -0.728. The molecule has 25 heavy (non-hydrogen) atoms. The van der Waals surface area contributed by atoms with Crippen molar-refractivity contribution < 1.29 is 14.0 Å². The molecule has 7 nitrogen and oxygen atoms in total. The van der Waals surface area contributed by atoms with Crippen LogP contribution in [0.5, 0.6) is 0 Å². The molecule has 1 saturated heterocycles. The first kappa shape index (κ1) is 16.1. The molecule has 130 valence electrons. The number of amides is 2. The number of carbonyl (C=O) groups is 2. The van der Waals surface area contributed by atoms with E-state index in [9.17, 15) is 14.0 Å². The maximum absolute atomic E-state index is 13.2. The summed E-state index contributed by atoms with van der Waals surface area (Å²) in [4.78, 5) is 31.7. The molecule has 1 aliphatic heterocycles. The van der Waals surface area contributed by atoms with Crippen LogP contribution in [-0.2, 0) is 16.1 Å². The fourth-order valence-corrected chi connectivity index (χ4v) is 3.60. The van der Waals surface area contributed by atoms with E-state index in [2.05, 4.69) is 15.2 Å². The van der Waals surface area contributed by atoms with Crippen molar-refractivity contribution in [3.63, 3.8) is 0 Å². The highest BCUT2D eigenvalue weighted by Gasteiger charge is 2.53. The lowest BCUT2D eigenvalue weighted by atomic mass is 10.1. The zero-order valence-corrected chi connectivity index (χ0v) is 14.2. The molecule has 2 amide bonds. The highest BCUT2D eigenvalue weighted by atomic mass is 32.1. The molecule has 2 aromatic heterocycles. The summed E-state index contributed by atoms with van der Waals surface area (Å²) in [6.45, 7) is 0.364. The van der Waals surface area contributed by atoms with Crippen LogP contribution in [0.3, 0.4) is 0 Å². The molecule has 2 aliphatic rings. The predicted molar refractivity (Wildman–Crippen MR) is 88.2 cm³/mol. The topological polar surface area (TPSA) is 79.3 Å². The lowest BCUT2D eigenvalue weighted by Gasteiger charge is -2.37. The molecule has 0 spiro atoms. The van der Waals surface area contributed by atoms with Gasteiger partial charge in [0.05, 0.1) is 17.8 Å². The first-order valence-corrected chi connectivity index (χ1v) is 8.90. The van der Waals surface area contributed by atoms with Gasteiger partial charge in [0.15, 0.2) is 0 Å². The molecule has 1 saturated carbocycles. The van der Waals surface area contributed by atoms with Gasteiger partial charge < -0.3 is 9.80 Å². The molecule has 0 aromatic carbocycles. The number of halogens is 1. The Bertz CT molecular complexity index is 791. The predicted octanol–water partition coefficient (Wildman–Crippen LogP) is 1.27. The van der Waals surface area contributed by atoms with Gasteiger partial charge in [-0.05, 0) is 25.0 Å². The Morgan fingerprint density at radius 2 is 2.00 bits per heavy atom. The van der Waals surface area contributed by atoms with Crippen molar-refractivity contribution in [2.75, 3.05) is 19.8 Å². The number of hydrogen-bond donors (Lipinski definition) is 0. The first-order chi connectivity index (χ1) is 12.1. The zero-order valence-electron chi connectivity index (χ0n) is 13.4. The Kier molecular flexibility index (Phi) is 3.95. The van der Waals surface area contributed by atoms with Crippen molar-refractivity contribution in [3.8, 4) is 10.7 Å². The van der Waals surface area contributed by atoms with Crippen LogP contribution in [0.15, 0.2) is 23.7 Å². The summed E-state index contributed by atoms with van der Waals surface area (Å²) in [7, 11) is 0. The summed E-state index contributed by atoms with van der Waals surface area (Å²) >= 11 is 1.47. The maximum atomic E-state index is 13.2. The van der Waals surface area contributed by atoms with Crippen LogP contribution in [-0.4, -0.2) is 62.1 Å². The third-order valence-electron chi connectivity index (χ3n) is 4.68. The van der Waals surface area contributed by atoms with Crippen molar-refractivity contribution in [1.29, 1.82) is 0 Å². The van der Waals surface area contributed by atoms with E-state index in [-0.39, 0.29) is 6.54 Å². The van der Waals surface area contributed by atoms with Crippen LogP contribution in [0.2, 0.25) is 0 Å². The monoisotopic (exact) mass is 361 g/mol. The second-order valence-corrected chi connectivity index (χ2v) is 7.18. The smallest absolute Gasteiger partial charge is 0.312 e. The standard InChI is InChI=1S/C16H16FN5O2S/c17-10-16(3-4-16)22-7-6-21(14(23)15(22)24)9-11-1-2-12(20-19-11)13-18-5-8-25-13/h1-2,5,8H,3-4,6-7,9-10H2. The van der Waals surface area contributed by atoms with Crippen molar-refractivity contribution in [1.82, 2.24) is 25.0 Å². The maximum Gasteiger partial charge on any atom is 0.312 e. The summed E-state index contributed by atoms with van der Waals surface area (Å²) < 4.78 is 13.2. The number of alkyl halides is 1. The molecule has 2 fully saturated rings. The number of hydrogen-bond acceptors (Lipinski definition) is 6. The van der Waals surface area contributed by atoms with Crippen molar-refractivity contribution in [2.24, 2.45) is 0 Å². The summed E-state index contributed by atoms with van der Waals surface area (Å²) in [5.74, 6) is -1.22. The minimum absolute atomic E-state index is 0.214.